The van der Waals surface area contributed by atoms with E-state index in [9.17, 15) is 26.7 Å². The van der Waals surface area contributed by atoms with E-state index in [2.05, 4.69) is 4.99 Å². The number of anilines is 1. The summed E-state index contributed by atoms with van der Waals surface area (Å²) < 4.78 is 63.4. The van der Waals surface area contributed by atoms with E-state index in [4.69, 9.17) is 23.2 Å². The van der Waals surface area contributed by atoms with Crippen LogP contribution in [0, 0.1) is 0 Å². The molecule has 2 aromatic carbocycles. The zero-order valence-electron chi connectivity index (χ0n) is 14.2. The minimum atomic E-state index is -5.03. The van der Waals surface area contributed by atoms with Gasteiger partial charge in [0.2, 0.25) is 0 Å². The maximum atomic E-state index is 13.4. The van der Waals surface area contributed by atoms with E-state index < -0.39 is 28.3 Å². The van der Waals surface area contributed by atoms with Gasteiger partial charge in [-0.15, -0.1) is 0 Å². The third-order valence-corrected chi connectivity index (χ3v) is 5.64. The summed E-state index contributed by atoms with van der Waals surface area (Å²) in [7, 11) is -3.48. The van der Waals surface area contributed by atoms with Crippen LogP contribution in [0.3, 0.4) is 0 Å². The van der Waals surface area contributed by atoms with Crippen molar-refractivity contribution in [3.05, 3.63) is 58.1 Å². The van der Waals surface area contributed by atoms with Gasteiger partial charge in [0.25, 0.3) is 5.72 Å². The first-order valence-corrected chi connectivity index (χ1v) is 10.4. The summed E-state index contributed by atoms with van der Waals surface area (Å²) in [5, 5.41) is 10.5. The molecule has 1 heterocycles. The van der Waals surface area contributed by atoms with Gasteiger partial charge < -0.3 is 10.0 Å². The lowest BCUT2D eigenvalue weighted by molar-refractivity contribution is -0.249. The molecule has 1 N–H and O–H groups in total. The summed E-state index contributed by atoms with van der Waals surface area (Å²) in [5.74, 6) is -0.198. The number of halogens is 5. The normalized spacial score (nSPS) is 20.4. The number of nitrogens with zero attached hydrogens (tertiary/aromatic N) is 2. The van der Waals surface area contributed by atoms with Crippen LogP contribution in [0.2, 0.25) is 10.0 Å². The highest BCUT2D eigenvalue weighted by molar-refractivity contribution is 7.90. The Labute approximate surface area is 168 Å². The van der Waals surface area contributed by atoms with Crippen LogP contribution >= 0.6 is 23.2 Å². The average Bonchev–Trinajstić information content (AvgIpc) is 2.92. The predicted octanol–water partition coefficient (Wildman–Crippen LogP) is 3.91. The fourth-order valence-electron chi connectivity index (χ4n) is 2.71. The molecule has 0 saturated heterocycles. The number of sulfone groups is 1. The second-order valence-corrected chi connectivity index (χ2v) is 9.15. The number of β-amino-alcohol motifs (C(OH)–C–C–N with tert-alkyl or cyclic N) is 1. The molecule has 0 amide bonds. The molecule has 1 aliphatic heterocycles. The van der Waals surface area contributed by atoms with Crippen molar-refractivity contribution in [2.24, 2.45) is 4.99 Å². The third-order valence-electron chi connectivity index (χ3n) is 4.08. The van der Waals surface area contributed by atoms with Gasteiger partial charge in [0.1, 0.15) is 5.84 Å². The molecule has 0 saturated carbocycles. The van der Waals surface area contributed by atoms with Crippen LogP contribution in [0.25, 0.3) is 0 Å². The maximum absolute atomic E-state index is 13.4. The van der Waals surface area contributed by atoms with Crippen molar-refractivity contribution in [1.82, 2.24) is 0 Å². The van der Waals surface area contributed by atoms with E-state index in [0.717, 1.165) is 11.2 Å². The zero-order chi connectivity index (χ0) is 20.9. The summed E-state index contributed by atoms with van der Waals surface area (Å²) in [6.45, 7) is -0.909. The van der Waals surface area contributed by atoms with Gasteiger partial charge in [-0.25, -0.2) is 13.4 Å². The lowest BCUT2D eigenvalue weighted by Crippen LogP contribution is -2.47. The molecule has 28 heavy (non-hydrogen) atoms. The Bertz CT molecular complexity index is 1040. The SMILES string of the molecule is CS(=O)(=O)c1ccc(N2CC(O)(C(F)(F)F)N=C2c2cc(Cl)cc(Cl)c2)cc1. The second kappa shape index (κ2) is 6.91. The lowest BCUT2D eigenvalue weighted by atomic mass is 10.1. The van der Waals surface area contributed by atoms with Crippen molar-refractivity contribution >= 4 is 44.6 Å². The number of hydrogen-bond donors (Lipinski definition) is 1. The molecule has 5 nitrogen and oxygen atoms in total. The molecule has 0 aromatic heterocycles. The highest BCUT2D eigenvalue weighted by atomic mass is 35.5. The van der Waals surface area contributed by atoms with Crippen LogP contribution in [0.4, 0.5) is 18.9 Å². The lowest BCUT2D eigenvalue weighted by Gasteiger charge is -2.25. The number of amidine groups is 1. The van der Waals surface area contributed by atoms with Crippen LogP contribution in [0.15, 0.2) is 52.4 Å². The molecule has 3 rings (SSSR count). The Morgan fingerprint density at radius 2 is 1.64 bits per heavy atom. The number of rotatable bonds is 3. The van der Waals surface area contributed by atoms with E-state index >= 15 is 0 Å². The average molecular weight is 453 g/mol. The van der Waals surface area contributed by atoms with Gasteiger partial charge in [0.15, 0.2) is 9.84 Å². The number of alkyl halides is 3. The molecule has 11 heteroatoms. The molecule has 0 bridgehead atoms. The molecular formula is C17H13Cl2F3N2O3S. The van der Waals surface area contributed by atoms with Crippen LogP contribution < -0.4 is 4.90 Å². The fraction of sp³-hybridized carbons (Fsp3) is 0.235. The first-order valence-electron chi connectivity index (χ1n) is 7.73. The number of benzene rings is 2. The van der Waals surface area contributed by atoms with Crippen LogP contribution in [0.1, 0.15) is 5.56 Å². The smallest absolute Gasteiger partial charge is 0.361 e. The minimum absolute atomic E-state index is 0.00539. The monoisotopic (exact) mass is 452 g/mol. The van der Waals surface area contributed by atoms with Crippen molar-refractivity contribution in [2.75, 3.05) is 17.7 Å². The number of aliphatic hydroxyl groups is 1. The summed E-state index contributed by atoms with van der Waals surface area (Å²) in [5.41, 5.74) is -2.96. The van der Waals surface area contributed by atoms with Gasteiger partial charge >= 0.3 is 6.18 Å². The van der Waals surface area contributed by atoms with Gasteiger partial charge in [-0.1, -0.05) is 23.2 Å². The Kier molecular flexibility index (Phi) is 5.16. The van der Waals surface area contributed by atoms with E-state index in [1.54, 1.807) is 0 Å². The Morgan fingerprint density at radius 1 is 1.11 bits per heavy atom. The quantitative estimate of drug-likeness (QED) is 0.765. The molecule has 0 spiro atoms. The second-order valence-electron chi connectivity index (χ2n) is 6.26. The van der Waals surface area contributed by atoms with E-state index in [-0.39, 0.29) is 32.0 Å². The predicted molar refractivity (Wildman–Crippen MR) is 101 cm³/mol. The molecular weight excluding hydrogens is 440 g/mol. The molecule has 150 valence electrons. The third kappa shape index (κ3) is 3.98. The summed E-state index contributed by atoms with van der Waals surface area (Å²) >= 11 is 11.9. The maximum Gasteiger partial charge on any atom is 0.440 e. The van der Waals surface area contributed by atoms with Crippen LogP contribution in [0.5, 0.6) is 0 Å². The summed E-state index contributed by atoms with van der Waals surface area (Å²) in [4.78, 5) is 4.64. The molecule has 1 aliphatic rings. The molecule has 0 radical (unpaired) electrons. The molecule has 2 aromatic rings. The number of hydrogen-bond acceptors (Lipinski definition) is 5. The topological polar surface area (TPSA) is 70.0 Å². The van der Waals surface area contributed by atoms with Gasteiger partial charge in [-0.05, 0) is 42.5 Å². The van der Waals surface area contributed by atoms with Crippen molar-refractivity contribution in [2.45, 2.75) is 16.8 Å². The van der Waals surface area contributed by atoms with Gasteiger partial charge in [-0.2, -0.15) is 13.2 Å². The molecule has 1 atom stereocenters. The van der Waals surface area contributed by atoms with Crippen molar-refractivity contribution in [1.29, 1.82) is 0 Å². The summed E-state index contributed by atoms with van der Waals surface area (Å²) in [6.07, 6.45) is -4.01. The molecule has 0 fully saturated rings. The molecule has 0 aliphatic carbocycles. The van der Waals surface area contributed by atoms with Gasteiger partial charge in [0.05, 0.1) is 11.4 Å². The van der Waals surface area contributed by atoms with Crippen LogP contribution in [-0.4, -0.2) is 44.1 Å². The highest BCUT2D eigenvalue weighted by Gasteiger charge is 2.59. The zero-order valence-corrected chi connectivity index (χ0v) is 16.5. The standard InChI is InChI=1S/C17H13Cl2F3N2O3S/c1-28(26,27)14-4-2-13(3-5-14)24-9-16(25,17(20,21)22)23-15(24)10-6-11(18)8-12(19)7-10/h2-8,25H,9H2,1H3. The first-order chi connectivity index (χ1) is 12.8. The van der Waals surface area contributed by atoms with Crippen molar-refractivity contribution < 1.29 is 26.7 Å². The van der Waals surface area contributed by atoms with Crippen molar-refractivity contribution in [3.63, 3.8) is 0 Å². The fourth-order valence-corrected chi connectivity index (χ4v) is 3.87. The van der Waals surface area contributed by atoms with Crippen molar-refractivity contribution in [3.8, 4) is 0 Å². The van der Waals surface area contributed by atoms with E-state index in [0.29, 0.717) is 0 Å². The highest BCUT2D eigenvalue weighted by Crippen LogP contribution is 2.39. The summed E-state index contributed by atoms with van der Waals surface area (Å²) in [6, 6.07) is 9.33. The number of aliphatic imine (C=N–C) groups is 1. The molecule has 1 unspecified atom stereocenters. The van der Waals surface area contributed by atoms with Gasteiger partial charge in [-0.3, -0.25) is 0 Å². The van der Waals surface area contributed by atoms with E-state index in [1.165, 1.54) is 42.5 Å². The van der Waals surface area contributed by atoms with Gasteiger partial charge in [0, 0.05) is 27.6 Å². The van der Waals surface area contributed by atoms with E-state index in [1.807, 2.05) is 0 Å². The minimum Gasteiger partial charge on any atom is -0.361 e. The Morgan fingerprint density at radius 3 is 2.11 bits per heavy atom. The largest absolute Gasteiger partial charge is 0.440 e. The Hall–Kier alpha value is -1.81. The Balaban J connectivity index is 2.12. The first kappa shape index (κ1) is 20.9. The van der Waals surface area contributed by atoms with Crippen LogP contribution in [-0.2, 0) is 9.84 Å².